The molecule has 3 N–H and O–H groups in total. The van der Waals surface area contributed by atoms with Gasteiger partial charge in [-0.25, -0.2) is 4.98 Å². The first-order valence-electron chi connectivity index (χ1n) is 4.62. The molecule has 4 nitrogen and oxygen atoms in total. The molecule has 5 heteroatoms. The molecule has 0 aliphatic rings. The smallest absolute Gasteiger partial charge is 0.188 e. The lowest BCUT2D eigenvalue weighted by atomic mass is 10.1. The largest absolute Gasteiger partial charge is 0.326 e. The van der Waals surface area contributed by atoms with E-state index >= 15 is 0 Å². The van der Waals surface area contributed by atoms with E-state index in [-0.39, 0.29) is 0 Å². The average molecular weight is 220 g/mol. The molecule has 0 spiro atoms. The van der Waals surface area contributed by atoms with E-state index in [4.69, 9.17) is 5.73 Å². The van der Waals surface area contributed by atoms with Crippen LogP contribution in [0.4, 0.5) is 0 Å². The van der Waals surface area contributed by atoms with E-state index < -0.39 is 0 Å². The number of benzene rings is 1. The molecule has 2 rings (SSSR count). The van der Waals surface area contributed by atoms with Crippen LogP contribution in [0.5, 0.6) is 0 Å². The molecule has 0 saturated heterocycles. The predicted octanol–water partition coefficient (Wildman–Crippen LogP) is 1.72. The fraction of sp³-hybridized carbons (Fsp3) is 0.200. The Labute approximate surface area is 92.3 Å². The predicted molar refractivity (Wildman–Crippen MR) is 59.6 cm³/mol. The molecular formula is C10H12N4S. The van der Waals surface area contributed by atoms with Crippen molar-refractivity contribution in [1.82, 2.24) is 15.2 Å². The Morgan fingerprint density at radius 2 is 2.33 bits per heavy atom. The van der Waals surface area contributed by atoms with Crippen molar-refractivity contribution in [1.29, 1.82) is 0 Å². The second-order valence-electron chi connectivity index (χ2n) is 3.21. The summed E-state index contributed by atoms with van der Waals surface area (Å²) < 4.78 is 0. The molecule has 1 aromatic heterocycles. The molecule has 1 aromatic carbocycles. The molecule has 0 unspecified atom stereocenters. The standard InChI is InChI=1S/C10H12N4S/c1-7-2-3-9(8(4-7)5-11)15-10-12-6-13-14-10/h2-4,6H,5,11H2,1H3,(H,12,13,14). The highest BCUT2D eigenvalue weighted by Gasteiger charge is 2.05. The fourth-order valence-corrected chi connectivity index (χ4v) is 2.13. The third kappa shape index (κ3) is 2.37. The highest BCUT2D eigenvalue weighted by atomic mass is 32.2. The summed E-state index contributed by atoms with van der Waals surface area (Å²) in [6.45, 7) is 2.60. The Morgan fingerprint density at radius 1 is 1.47 bits per heavy atom. The summed E-state index contributed by atoms with van der Waals surface area (Å²) in [6, 6.07) is 6.22. The van der Waals surface area contributed by atoms with E-state index in [9.17, 15) is 0 Å². The SMILES string of the molecule is Cc1ccc(Sc2ncn[nH]2)c(CN)c1. The van der Waals surface area contributed by atoms with Crippen LogP contribution >= 0.6 is 11.8 Å². The Kier molecular flexibility index (Phi) is 3.03. The van der Waals surface area contributed by atoms with Crippen LogP contribution in [0.25, 0.3) is 0 Å². The van der Waals surface area contributed by atoms with E-state index in [1.165, 1.54) is 11.9 Å². The van der Waals surface area contributed by atoms with Crippen molar-refractivity contribution < 1.29 is 0 Å². The van der Waals surface area contributed by atoms with Crippen molar-refractivity contribution in [2.24, 2.45) is 5.73 Å². The number of nitrogens with zero attached hydrogens (tertiary/aromatic N) is 2. The Bertz CT molecular complexity index is 439. The van der Waals surface area contributed by atoms with E-state index in [2.05, 4.69) is 40.3 Å². The maximum Gasteiger partial charge on any atom is 0.188 e. The summed E-state index contributed by atoms with van der Waals surface area (Å²) in [5, 5.41) is 7.40. The zero-order valence-electron chi connectivity index (χ0n) is 8.40. The minimum Gasteiger partial charge on any atom is -0.326 e. The van der Waals surface area contributed by atoms with Crippen molar-refractivity contribution in [3.8, 4) is 0 Å². The molecular weight excluding hydrogens is 208 g/mol. The minimum atomic E-state index is 0.540. The van der Waals surface area contributed by atoms with Gasteiger partial charge in [0.15, 0.2) is 5.16 Å². The molecule has 2 aromatic rings. The Balaban J connectivity index is 2.28. The summed E-state index contributed by atoms with van der Waals surface area (Å²) in [6.07, 6.45) is 1.50. The molecule has 0 bridgehead atoms. The Hall–Kier alpha value is -1.33. The van der Waals surface area contributed by atoms with Gasteiger partial charge in [-0.3, -0.25) is 5.10 Å². The summed E-state index contributed by atoms with van der Waals surface area (Å²) in [5.41, 5.74) is 8.04. The van der Waals surface area contributed by atoms with Crippen LogP contribution in [0.3, 0.4) is 0 Å². The number of aryl methyl sites for hydroxylation is 1. The number of hydrogen-bond donors (Lipinski definition) is 2. The molecule has 78 valence electrons. The quantitative estimate of drug-likeness (QED) is 0.826. The van der Waals surface area contributed by atoms with Crippen molar-refractivity contribution in [3.05, 3.63) is 35.7 Å². The zero-order chi connectivity index (χ0) is 10.7. The lowest BCUT2D eigenvalue weighted by molar-refractivity contribution is 0.966. The summed E-state index contributed by atoms with van der Waals surface area (Å²) in [5.74, 6) is 0. The summed E-state index contributed by atoms with van der Waals surface area (Å²) in [4.78, 5) is 5.19. The number of H-pyrrole nitrogens is 1. The van der Waals surface area contributed by atoms with Gasteiger partial charge in [0.05, 0.1) is 0 Å². The van der Waals surface area contributed by atoms with E-state index in [0.29, 0.717) is 6.54 Å². The molecule has 0 amide bonds. The van der Waals surface area contributed by atoms with Crippen molar-refractivity contribution in [3.63, 3.8) is 0 Å². The number of aromatic amines is 1. The van der Waals surface area contributed by atoms with Crippen LogP contribution in [-0.4, -0.2) is 15.2 Å². The van der Waals surface area contributed by atoms with E-state index in [0.717, 1.165) is 15.6 Å². The molecule has 0 aliphatic heterocycles. The lowest BCUT2D eigenvalue weighted by Crippen LogP contribution is -1.98. The molecule has 15 heavy (non-hydrogen) atoms. The van der Waals surface area contributed by atoms with Gasteiger partial charge in [-0.15, -0.1) is 0 Å². The van der Waals surface area contributed by atoms with Crippen LogP contribution < -0.4 is 5.73 Å². The number of nitrogens with one attached hydrogen (secondary N) is 1. The van der Waals surface area contributed by atoms with Gasteiger partial charge in [-0.1, -0.05) is 29.5 Å². The van der Waals surface area contributed by atoms with Crippen LogP contribution in [0.15, 0.2) is 34.6 Å². The van der Waals surface area contributed by atoms with Gasteiger partial charge < -0.3 is 5.73 Å². The number of aromatic nitrogens is 3. The van der Waals surface area contributed by atoms with Gasteiger partial charge in [0, 0.05) is 11.4 Å². The van der Waals surface area contributed by atoms with Gasteiger partial charge in [-0.05, 0) is 18.6 Å². The lowest BCUT2D eigenvalue weighted by Gasteiger charge is -2.06. The maximum atomic E-state index is 5.69. The molecule has 0 saturated carbocycles. The fourth-order valence-electron chi connectivity index (χ4n) is 1.31. The molecule has 0 fully saturated rings. The van der Waals surface area contributed by atoms with Gasteiger partial charge >= 0.3 is 0 Å². The van der Waals surface area contributed by atoms with Crippen molar-refractivity contribution in [2.45, 2.75) is 23.5 Å². The highest BCUT2D eigenvalue weighted by molar-refractivity contribution is 7.99. The van der Waals surface area contributed by atoms with Gasteiger partial charge in [0.25, 0.3) is 0 Å². The molecule has 0 atom stereocenters. The monoisotopic (exact) mass is 220 g/mol. The normalized spacial score (nSPS) is 10.5. The van der Waals surface area contributed by atoms with Crippen LogP contribution in [0.1, 0.15) is 11.1 Å². The number of rotatable bonds is 3. The summed E-state index contributed by atoms with van der Waals surface area (Å²) >= 11 is 1.54. The zero-order valence-corrected chi connectivity index (χ0v) is 9.21. The Morgan fingerprint density at radius 3 is 3.00 bits per heavy atom. The van der Waals surface area contributed by atoms with Gasteiger partial charge in [0.2, 0.25) is 0 Å². The van der Waals surface area contributed by atoms with Gasteiger partial charge in [0.1, 0.15) is 6.33 Å². The van der Waals surface area contributed by atoms with Crippen molar-refractivity contribution in [2.75, 3.05) is 0 Å². The third-order valence-corrected chi connectivity index (χ3v) is 3.04. The van der Waals surface area contributed by atoms with Crippen LogP contribution in [-0.2, 0) is 6.54 Å². The third-order valence-electron chi connectivity index (χ3n) is 2.04. The molecule has 0 radical (unpaired) electrons. The molecule has 0 aliphatic carbocycles. The second kappa shape index (κ2) is 4.46. The highest BCUT2D eigenvalue weighted by Crippen LogP contribution is 2.27. The van der Waals surface area contributed by atoms with Crippen molar-refractivity contribution >= 4 is 11.8 Å². The summed E-state index contributed by atoms with van der Waals surface area (Å²) in [7, 11) is 0. The maximum absolute atomic E-state index is 5.69. The topological polar surface area (TPSA) is 67.6 Å². The first kappa shape index (κ1) is 10.2. The van der Waals surface area contributed by atoms with E-state index in [1.54, 1.807) is 11.8 Å². The van der Waals surface area contributed by atoms with Crippen LogP contribution in [0.2, 0.25) is 0 Å². The first-order valence-corrected chi connectivity index (χ1v) is 5.44. The minimum absolute atomic E-state index is 0.540. The molecule has 1 heterocycles. The van der Waals surface area contributed by atoms with E-state index in [1.807, 2.05) is 0 Å². The average Bonchev–Trinajstić information content (AvgIpc) is 2.73. The number of hydrogen-bond acceptors (Lipinski definition) is 4. The van der Waals surface area contributed by atoms with Gasteiger partial charge in [-0.2, -0.15) is 5.10 Å². The van der Waals surface area contributed by atoms with Crippen LogP contribution in [0, 0.1) is 6.92 Å². The second-order valence-corrected chi connectivity index (χ2v) is 4.24. The number of nitrogens with two attached hydrogens (primary N) is 1. The first-order chi connectivity index (χ1) is 7.29.